The van der Waals surface area contributed by atoms with Crippen LogP contribution in [0.15, 0.2) is 42.5 Å². The van der Waals surface area contributed by atoms with Gasteiger partial charge in [-0.05, 0) is 36.2 Å². The van der Waals surface area contributed by atoms with Crippen molar-refractivity contribution in [3.63, 3.8) is 0 Å². The Morgan fingerprint density at radius 2 is 1.43 bits per heavy atom. The average molecular weight is 453 g/mol. The van der Waals surface area contributed by atoms with E-state index in [1.165, 1.54) is 35.6 Å². The number of piperazine rings is 1. The van der Waals surface area contributed by atoms with E-state index in [0.717, 1.165) is 58.4 Å². The van der Waals surface area contributed by atoms with Crippen LogP contribution < -0.4 is 0 Å². The van der Waals surface area contributed by atoms with Crippen LogP contribution in [0, 0.1) is 0 Å². The molecule has 1 aliphatic carbocycles. The summed E-state index contributed by atoms with van der Waals surface area (Å²) >= 11 is 0. The summed E-state index contributed by atoms with van der Waals surface area (Å²) < 4.78 is 0. The Balaban J connectivity index is 0.00000160. The normalized spacial score (nSPS) is 21.7. The topological polar surface area (TPSA) is 26.7 Å². The predicted octanol–water partition coefficient (Wildman–Crippen LogP) is 5.49. The molecule has 2 aromatic rings. The molecule has 2 aliphatic rings. The van der Waals surface area contributed by atoms with Crippen LogP contribution in [0.5, 0.6) is 0 Å². The van der Waals surface area contributed by atoms with Gasteiger partial charge in [0.1, 0.15) is 0 Å². The molecular formula is C25H38Cl2N2O. The summed E-state index contributed by atoms with van der Waals surface area (Å²) in [5.74, 6) is 0.181. The van der Waals surface area contributed by atoms with Crippen molar-refractivity contribution in [2.24, 2.45) is 0 Å². The lowest BCUT2D eigenvalue weighted by molar-refractivity contribution is -0.0250. The maximum absolute atomic E-state index is 12.0. The zero-order valence-corrected chi connectivity index (χ0v) is 19.9. The van der Waals surface area contributed by atoms with Gasteiger partial charge < -0.3 is 14.9 Å². The number of halogens is 2. The van der Waals surface area contributed by atoms with Gasteiger partial charge in [-0.15, -0.1) is 24.8 Å². The highest BCUT2D eigenvalue weighted by atomic mass is 35.5. The second-order valence-electron chi connectivity index (χ2n) is 9.10. The van der Waals surface area contributed by atoms with Gasteiger partial charge in [-0.2, -0.15) is 0 Å². The number of hydrogen-bond acceptors (Lipinski definition) is 3. The van der Waals surface area contributed by atoms with Crippen LogP contribution in [0.25, 0.3) is 10.8 Å². The summed E-state index contributed by atoms with van der Waals surface area (Å²) in [6, 6.07) is 15.4. The Hall–Kier alpha value is -0.840. The van der Waals surface area contributed by atoms with Crippen molar-refractivity contribution in [1.29, 1.82) is 0 Å². The largest absolute Gasteiger partial charge is 0.389 e. The summed E-state index contributed by atoms with van der Waals surface area (Å²) in [7, 11) is 2.21. The maximum Gasteiger partial charge on any atom is 0.0728 e. The molecule has 168 valence electrons. The van der Waals surface area contributed by atoms with Crippen LogP contribution in [0.3, 0.4) is 0 Å². The zero-order valence-electron chi connectivity index (χ0n) is 18.3. The summed E-state index contributed by atoms with van der Waals surface area (Å²) in [5, 5.41) is 14.6. The first-order chi connectivity index (χ1) is 13.7. The molecule has 4 rings (SSSR count). The fourth-order valence-corrected chi connectivity index (χ4v) is 5.27. The maximum atomic E-state index is 12.0. The molecule has 1 saturated heterocycles. The van der Waals surface area contributed by atoms with Gasteiger partial charge in [0.15, 0.2) is 0 Å². The van der Waals surface area contributed by atoms with Crippen molar-refractivity contribution in [1.82, 2.24) is 9.80 Å². The van der Waals surface area contributed by atoms with Crippen molar-refractivity contribution in [2.45, 2.75) is 56.5 Å². The van der Waals surface area contributed by atoms with Gasteiger partial charge in [0.25, 0.3) is 0 Å². The number of fused-ring (bicyclic) bond motifs is 1. The Labute approximate surface area is 194 Å². The van der Waals surface area contributed by atoms with E-state index in [1.54, 1.807) is 0 Å². The number of likely N-dealkylation sites (N-methyl/N-ethyl adjacent to an activating group) is 1. The first-order valence-corrected chi connectivity index (χ1v) is 11.3. The Morgan fingerprint density at radius 3 is 2.13 bits per heavy atom. The molecule has 1 atom stereocenters. The molecule has 1 N–H and O–H groups in total. The highest BCUT2D eigenvalue weighted by Crippen LogP contribution is 2.41. The number of hydrogen-bond donors (Lipinski definition) is 1. The van der Waals surface area contributed by atoms with Gasteiger partial charge in [0.2, 0.25) is 0 Å². The standard InChI is InChI=1S/C25H36N2O.2ClH/c1-26-16-18-27(19-17-26)20-24(25(28)14-7-3-2-4-8-15-25)23-13-9-11-21-10-5-6-12-22(21)23;;/h5-6,9-13,24,28H,2-4,7-8,14-20H2,1H3;2*1H. The lowest BCUT2D eigenvalue weighted by Crippen LogP contribution is -2.49. The highest BCUT2D eigenvalue weighted by molar-refractivity contribution is 5.86. The fourth-order valence-electron chi connectivity index (χ4n) is 5.27. The molecule has 5 heteroatoms. The van der Waals surface area contributed by atoms with Gasteiger partial charge in [0.05, 0.1) is 5.60 Å². The second-order valence-corrected chi connectivity index (χ2v) is 9.10. The first-order valence-electron chi connectivity index (χ1n) is 11.3. The first kappa shape index (κ1) is 25.4. The SMILES string of the molecule is CN1CCN(CC(c2cccc3ccccc23)C2(O)CCCCCCC2)CC1.Cl.Cl. The van der Waals surface area contributed by atoms with Gasteiger partial charge in [-0.1, -0.05) is 74.6 Å². The monoisotopic (exact) mass is 452 g/mol. The van der Waals surface area contributed by atoms with Crippen LogP contribution in [-0.2, 0) is 0 Å². The van der Waals surface area contributed by atoms with E-state index < -0.39 is 5.60 Å². The van der Waals surface area contributed by atoms with Crippen LogP contribution >= 0.6 is 24.8 Å². The molecule has 1 heterocycles. The Bertz CT molecular complexity index is 763. The van der Waals surface area contributed by atoms with E-state index in [2.05, 4.69) is 59.3 Å². The summed E-state index contributed by atoms with van der Waals surface area (Å²) in [6.45, 7) is 5.43. The molecule has 0 spiro atoms. The molecule has 1 unspecified atom stereocenters. The number of nitrogens with zero attached hydrogens (tertiary/aromatic N) is 2. The van der Waals surface area contributed by atoms with Crippen LogP contribution in [-0.4, -0.2) is 60.3 Å². The molecule has 0 aromatic heterocycles. The molecule has 0 bridgehead atoms. The second kappa shape index (κ2) is 11.7. The van der Waals surface area contributed by atoms with Crippen molar-refractivity contribution < 1.29 is 5.11 Å². The highest BCUT2D eigenvalue weighted by Gasteiger charge is 2.39. The van der Waals surface area contributed by atoms with Crippen molar-refractivity contribution in [3.05, 3.63) is 48.0 Å². The molecule has 0 radical (unpaired) electrons. The molecule has 1 saturated carbocycles. The van der Waals surface area contributed by atoms with E-state index in [4.69, 9.17) is 0 Å². The third-order valence-corrected chi connectivity index (χ3v) is 7.10. The van der Waals surface area contributed by atoms with Crippen LogP contribution in [0.4, 0.5) is 0 Å². The lowest BCUT2D eigenvalue weighted by Gasteiger charge is -2.42. The molecule has 0 amide bonds. The predicted molar refractivity (Wildman–Crippen MR) is 132 cm³/mol. The van der Waals surface area contributed by atoms with E-state index in [-0.39, 0.29) is 30.7 Å². The van der Waals surface area contributed by atoms with E-state index >= 15 is 0 Å². The van der Waals surface area contributed by atoms with Crippen molar-refractivity contribution in [3.8, 4) is 0 Å². The van der Waals surface area contributed by atoms with Crippen LogP contribution in [0.2, 0.25) is 0 Å². The lowest BCUT2D eigenvalue weighted by atomic mass is 9.73. The fraction of sp³-hybridized carbons (Fsp3) is 0.600. The molecule has 1 aliphatic heterocycles. The smallest absolute Gasteiger partial charge is 0.0728 e. The minimum Gasteiger partial charge on any atom is -0.389 e. The van der Waals surface area contributed by atoms with Gasteiger partial charge in [-0.25, -0.2) is 0 Å². The van der Waals surface area contributed by atoms with E-state index in [0.29, 0.717) is 0 Å². The third-order valence-electron chi connectivity index (χ3n) is 7.10. The Kier molecular flexibility index (Phi) is 9.90. The summed E-state index contributed by atoms with van der Waals surface area (Å²) in [5.41, 5.74) is 0.758. The van der Waals surface area contributed by atoms with E-state index in [1.807, 2.05) is 0 Å². The molecular weight excluding hydrogens is 415 g/mol. The molecule has 2 fully saturated rings. The van der Waals surface area contributed by atoms with Gasteiger partial charge >= 0.3 is 0 Å². The summed E-state index contributed by atoms with van der Waals surface area (Å²) in [4.78, 5) is 5.00. The van der Waals surface area contributed by atoms with Crippen LogP contribution in [0.1, 0.15) is 56.4 Å². The zero-order chi connectivity index (χ0) is 19.4. The minimum absolute atomic E-state index is 0. The number of rotatable bonds is 4. The Morgan fingerprint density at radius 1 is 0.833 bits per heavy atom. The number of benzene rings is 2. The summed E-state index contributed by atoms with van der Waals surface area (Å²) in [6.07, 6.45) is 8.04. The molecule has 30 heavy (non-hydrogen) atoms. The van der Waals surface area contributed by atoms with Crippen molar-refractivity contribution >= 4 is 35.6 Å². The van der Waals surface area contributed by atoms with Crippen molar-refractivity contribution in [2.75, 3.05) is 39.8 Å². The quantitative estimate of drug-likeness (QED) is 0.663. The minimum atomic E-state index is -0.589. The van der Waals surface area contributed by atoms with Gasteiger partial charge in [-0.3, -0.25) is 0 Å². The average Bonchev–Trinajstić information content (AvgIpc) is 2.70. The van der Waals surface area contributed by atoms with E-state index in [9.17, 15) is 5.11 Å². The van der Waals surface area contributed by atoms with Gasteiger partial charge in [0, 0.05) is 38.6 Å². The molecule has 2 aromatic carbocycles. The molecule has 3 nitrogen and oxygen atoms in total. The third kappa shape index (κ3) is 5.89. The number of aliphatic hydroxyl groups is 1.